The van der Waals surface area contributed by atoms with Gasteiger partial charge in [0, 0.05) is 12.6 Å². The average molecular weight is 171 g/mol. The van der Waals surface area contributed by atoms with Crippen LogP contribution in [0.15, 0.2) is 0 Å². The van der Waals surface area contributed by atoms with Gasteiger partial charge in [0.25, 0.3) is 0 Å². The van der Waals surface area contributed by atoms with E-state index in [-0.39, 0.29) is 0 Å². The van der Waals surface area contributed by atoms with Gasteiger partial charge in [-0.05, 0) is 44.6 Å². The lowest BCUT2D eigenvalue weighted by molar-refractivity contribution is 0.276. The maximum Gasteiger partial charge on any atom is 0.0431 e. The molecule has 0 heterocycles. The van der Waals surface area contributed by atoms with Crippen LogP contribution < -0.4 is 5.32 Å². The van der Waals surface area contributed by atoms with Gasteiger partial charge < -0.3 is 10.4 Å². The zero-order valence-electron chi connectivity index (χ0n) is 8.21. The molecule has 0 radical (unpaired) electrons. The highest BCUT2D eigenvalue weighted by Crippen LogP contribution is 2.36. The lowest BCUT2D eigenvalue weighted by atomic mass is 10.2. The summed E-state index contributed by atoms with van der Waals surface area (Å²) in [4.78, 5) is 0. The lowest BCUT2D eigenvalue weighted by Crippen LogP contribution is -2.28. The van der Waals surface area contributed by atoms with E-state index in [0.717, 1.165) is 24.7 Å². The van der Waals surface area contributed by atoms with Crippen molar-refractivity contribution in [3.05, 3.63) is 0 Å². The van der Waals surface area contributed by atoms with Crippen LogP contribution in [0.25, 0.3) is 0 Å². The molecule has 1 fully saturated rings. The molecular weight excluding hydrogens is 150 g/mol. The predicted molar refractivity (Wildman–Crippen MR) is 51.1 cm³/mol. The molecule has 0 aromatic rings. The zero-order chi connectivity index (χ0) is 8.97. The second kappa shape index (κ2) is 4.83. The highest BCUT2D eigenvalue weighted by Gasteiger charge is 2.31. The minimum Gasteiger partial charge on any atom is -0.396 e. The first kappa shape index (κ1) is 10.0. The van der Waals surface area contributed by atoms with Crippen molar-refractivity contribution >= 4 is 0 Å². The maximum atomic E-state index is 8.62. The van der Waals surface area contributed by atoms with E-state index in [1.165, 1.54) is 13.0 Å². The standard InChI is InChI=1S/C10H21NO/c1-8-6-10(8)7-11-9(2)4-3-5-12/h8-12H,3-7H2,1-2H3. The SMILES string of the molecule is CC(CCCO)NCC1CC1C. The molecule has 3 atom stereocenters. The van der Waals surface area contributed by atoms with Crippen molar-refractivity contribution in [2.45, 2.75) is 39.2 Å². The molecule has 3 unspecified atom stereocenters. The van der Waals surface area contributed by atoms with E-state index in [9.17, 15) is 0 Å². The number of aliphatic hydroxyl groups excluding tert-OH is 1. The minimum absolute atomic E-state index is 0.325. The van der Waals surface area contributed by atoms with E-state index >= 15 is 0 Å². The van der Waals surface area contributed by atoms with Gasteiger partial charge in [0.2, 0.25) is 0 Å². The van der Waals surface area contributed by atoms with E-state index in [1.54, 1.807) is 0 Å². The van der Waals surface area contributed by atoms with Crippen LogP contribution in [-0.2, 0) is 0 Å². The van der Waals surface area contributed by atoms with Crippen LogP contribution in [0.4, 0.5) is 0 Å². The molecule has 2 heteroatoms. The molecule has 0 amide bonds. The van der Waals surface area contributed by atoms with Gasteiger partial charge in [-0.1, -0.05) is 6.92 Å². The van der Waals surface area contributed by atoms with Crippen LogP contribution in [0.3, 0.4) is 0 Å². The first-order valence-electron chi connectivity index (χ1n) is 5.08. The van der Waals surface area contributed by atoms with Crippen LogP contribution in [0.2, 0.25) is 0 Å². The van der Waals surface area contributed by atoms with E-state index in [2.05, 4.69) is 19.2 Å². The average Bonchev–Trinajstić information content (AvgIpc) is 2.75. The molecule has 1 aliphatic carbocycles. The molecule has 0 aromatic heterocycles. The summed E-state index contributed by atoms with van der Waals surface area (Å²) in [5, 5.41) is 12.1. The fourth-order valence-corrected chi connectivity index (χ4v) is 1.54. The Kier molecular flexibility index (Phi) is 4.02. The Bertz CT molecular complexity index is 127. The molecule has 72 valence electrons. The van der Waals surface area contributed by atoms with Crippen LogP contribution in [-0.4, -0.2) is 24.3 Å². The number of rotatable bonds is 6. The van der Waals surface area contributed by atoms with Crippen LogP contribution in [0, 0.1) is 11.8 Å². The van der Waals surface area contributed by atoms with Gasteiger partial charge in [-0.3, -0.25) is 0 Å². The fourth-order valence-electron chi connectivity index (χ4n) is 1.54. The van der Waals surface area contributed by atoms with Crippen molar-refractivity contribution in [1.29, 1.82) is 0 Å². The third kappa shape index (κ3) is 3.55. The summed E-state index contributed by atoms with van der Waals surface area (Å²) in [7, 11) is 0. The summed E-state index contributed by atoms with van der Waals surface area (Å²) in [6.45, 7) is 6.01. The molecular formula is C10H21NO. The van der Waals surface area contributed by atoms with E-state index in [1.807, 2.05) is 0 Å². The Balaban J connectivity index is 1.91. The van der Waals surface area contributed by atoms with Crippen molar-refractivity contribution in [3.63, 3.8) is 0 Å². The smallest absolute Gasteiger partial charge is 0.0431 e. The zero-order valence-corrected chi connectivity index (χ0v) is 8.21. The number of hydrogen-bond acceptors (Lipinski definition) is 2. The summed E-state index contributed by atoms with van der Waals surface area (Å²) < 4.78 is 0. The van der Waals surface area contributed by atoms with Gasteiger partial charge in [-0.2, -0.15) is 0 Å². The molecule has 0 bridgehead atoms. The maximum absolute atomic E-state index is 8.62. The topological polar surface area (TPSA) is 32.3 Å². The molecule has 0 saturated heterocycles. The highest BCUT2D eigenvalue weighted by atomic mass is 16.2. The first-order valence-corrected chi connectivity index (χ1v) is 5.08. The van der Waals surface area contributed by atoms with Crippen molar-refractivity contribution in [1.82, 2.24) is 5.32 Å². The van der Waals surface area contributed by atoms with E-state index in [4.69, 9.17) is 5.11 Å². The predicted octanol–water partition coefficient (Wildman–Crippen LogP) is 1.39. The number of nitrogens with one attached hydrogen (secondary N) is 1. The largest absolute Gasteiger partial charge is 0.396 e. The Labute approximate surface area is 75.4 Å². The van der Waals surface area contributed by atoms with Gasteiger partial charge in [0.15, 0.2) is 0 Å². The lowest BCUT2D eigenvalue weighted by Gasteiger charge is -2.12. The second-order valence-corrected chi connectivity index (χ2v) is 4.15. The Hall–Kier alpha value is -0.0800. The van der Waals surface area contributed by atoms with Crippen LogP contribution in [0.5, 0.6) is 0 Å². The van der Waals surface area contributed by atoms with Crippen molar-refractivity contribution < 1.29 is 5.11 Å². The van der Waals surface area contributed by atoms with Gasteiger partial charge in [0.05, 0.1) is 0 Å². The third-order valence-corrected chi connectivity index (χ3v) is 2.80. The number of hydrogen-bond donors (Lipinski definition) is 2. The molecule has 12 heavy (non-hydrogen) atoms. The summed E-state index contributed by atoms with van der Waals surface area (Å²) in [5.74, 6) is 1.88. The van der Waals surface area contributed by atoms with Gasteiger partial charge in [0.1, 0.15) is 0 Å². The Morgan fingerprint density at radius 1 is 1.58 bits per heavy atom. The normalized spacial score (nSPS) is 30.2. The molecule has 1 rings (SSSR count). The molecule has 1 saturated carbocycles. The van der Waals surface area contributed by atoms with Gasteiger partial charge in [-0.15, -0.1) is 0 Å². The summed E-state index contributed by atoms with van der Waals surface area (Å²) >= 11 is 0. The quantitative estimate of drug-likeness (QED) is 0.633. The summed E-state index contributed by atoms with van der Waals surface area (Å²) in [5.41, 5.74) is 0. The van der Waals surface area contributed by atoms with Gasteiger partial charge in [-0.25, -0.2) is 0 Å². The number of aliphatic hydroxyl groups is 1. The van der Waals surface area contributed by atoms with Crippen LogP contribution >= 0.6 is 0 Å². The third-order valence-electron chi connectivity index (χ3n) is 2.80. The first-order chi connectivity index (χ1) is 5.74. The molecule has 0 aliphatic heterocycles. The van der Waals surface area contributed by atoms with E-state index in [0.29, 0.717) is 12.6 Å². The second-order valence-electron chi connectivity index (χ2n) is 4.15. The van der Waals surface area contributed by atoms with E-state index < -0.39 is 0 Å². The van der Waals surface area contributed by atoms with Crippen LogP contribution in [0.1, 0.15) is 33.1 Å². The molecule has 2 nitrogen and oxygen atoms in total. The van der Waals surface area contributed by atoms with Crippen molar-refractivity contribution in [3.8, 4) is 0 Å². The Morgan fingerprint density at radius 2 is 2.25 bits per heavy atom. The Morgan fingerprint density at radius 3 is 2.75 bits per heavy atom. The summed E-state index contributed by atoms with van der Waals surface area (Å²) in [6.07, 6.45) is 3.42. The van der Waals surface area contributed by atoms with Crippen molar-refractivity contribution in [2.75, 3.05) is 13.2 Å². The van der Waals surface area contributed by atoms with Gasteiger partial charge >= 0.3 is 0 Å². The molecule has 1 aliphatic rings. The highest BCUT2D eigenvalue weighted by molar-refractivity contribution is 4.84. The molecule has 2 N–H and O–H groups in total. The van der Waals surface area contributed by atoms with Crippen molar-refractivity contribution in [2.24, 2.45) is 11.8 Å². The minimum atomic E-state index is 0.325. The molecule has 0 aromatic carbocycles. The fraction of sp³-hybridized carbons (Fsp3) is 1.00. The monoisotopic (exact) mass is 171 g/mol. The summed E-state index contributed by atoms with van der Waals surface area (Å²) in [6, 6.07) is 0.574. The molecule has 0 spiro atoms.